The Hall–Kier alpha value is -3.06. The van der Waals surface area contributed by atoms with E-state index in [1.54, 1.807) is 22.7 Å². The molecule has 1 N–H and O–H groups in total. The van der Waals surface area contributed by atoms with Crippen molar-refractivity contribution in [2.45, 2.75) is 0 Å². The third-order valence-corrected chi connectivity index (χ3v) is 4.58. The Morgan fingerprint density at radius 2 is 1.84 bits per heavy atom. The summed E-state index contributed by atoms with van der Waals surface area (Å²) >= 11 is 1.46. The Balaban J connectivity index is 1.84. The van der Waals surface area contributed by atoms with Gasteiger partial charge < -0.3 is 5.32 Å². The maximum atomic E-state index is 13.9. The average Bonchev–Trinajstić information content (AvgIpc) is 3.23. The first-order valence-electron chi connectivity index (χ1n) is 7.41. The minimum atomic E-state index is -0.913. The number of aromatic nitrogens is 2. The number of benzene rings is 1. The Morgan fingerprint density at radius 3 is 2.56 bits per heavy atom. The van der Waals surface area contributed by atoms with Gasteiger partial charge in [-0.2, -0.15) is 0 Å². The van der Waals surface area contributed by atoms with Crippen molar-refractivity contribution in [2.75, 3.05) is 5.32 Å². The van der Waals surface area contributed by atoms with Crippen LogP contribution in [0.3, 0.4) is 0 Å². The highest BCUT2D eigenvalue weighted by Gasteiger charge is 2.21. The van der Waals surface area contributed by atoms with Crippen LogP contribution in [0, 0.1) is 11.6 Å². The molecule has 3 aromatic heterocycles. The molecule has 0 aliphatic carbocycles. The van der Waals surface area contributed by atoms with E-state index in [0.717, 1.165) is 17.0 Å². The molecule has 3 heterocycles. The smallest absolute Gasteiger partial charge is 0.262 e. The summed E-state index contributed by atoms with van der Waals surface area (Å²) < 4.78 is 29.5. The maximum absolute atomic E-state index is 13.9. The van der Waals surface area contributed by atoms with Crippen molar-refractivity contribution >= 4 is 28.7 Å². The molecule has 4 aromatic rings. The molecule has 0 bridgehead atoms. The zero-order valence-electron chi connectivity index (χ0n) is 12.7. The number of fused-ring (bicyclic) bond motifs is 1. The second kappa shape index (κ2) is 6.10. The number of carbonyl (C=O) groups excluding carboxylic acids is 1. The molecule has 25 heavy (non-hydrogen) atoms. The average molecular weight is 355 g/mol. The van der Waals surface area contributed by atoms with Crippen LogP contribution in [0.15, 0.2) is 60.1 Å². The fourth-order valence-corrected chi connectivity index (χ4v) is 3.30. The number of hydrogen-bond acceptors (Lipinski definition) is 3. The Kier molecular flexibility index (Phi) is 3.77. The summed E-state index contributed by atoms with van der Waals surface area (Å²) in [5, 5.41) is 4.50. The number of carbonyl (C=O) groups is 1. The molecule has 0 unspecified atom stereocenters. The lowest BCUT2D eigenvalue weighted by atomic mass is 10.2. The molecule has 0 fully saturated rings. The quantitative estimate of drug-likeness (QED) is 0.584. The minimum Gasteiger partial charge on any atom is -0.306 e. The molecule has 0 radical (unpaired) electrons. The van der Waals surface area contributed by atoms with Crippen molar-refractivity contribution in [3.8, 4) is 10.6 Å². The molecule has 0 aliphatic rings. The predicted octanol–water partition coefficient (Wildman–Crippen LogP) is 4.59. The first kappa shape index (κ1) is 15.5. The fraction of sp³-hybridized carbons (Fsp3) is 0. The topological polar surface area (TPSA) is 46.4 Å². The second-order valence-electron chi connectivity index (χ2n) is 5.27. The van der Waals surface area contributed by atoms with E-state index in [4.69, 9.17) is 0 Å². The van der Waals surface area contributed by atoms with E-state index in [1.165, 1.54) is 17.4 Å². The van der Waals surface area contributed by atoms with E-state index in [0.29, 0.717) is 17.2 Å². The van der Waals surface area contributed by atoms with Crippen molar-refractivity contribution in [1.82, 2.24) is 9.38 Å². The van der Waals surface area contributed by atoms with Crippen molar-refractivity contribution in [3.05, 3.63) is 77.3 Å². The Labute approximate surface area is 145 Å². The summed E-state index contributed by atoms with van der Waals surface area (Å²) in [6, 6.07) is 12.4. The molecule has 1 aromatic carbocycles. The van der Waals surface area contributed by atoms with Gasteiger partial charge in [0.25, 0.3) is 5.91 Å². The lowest BCUT2D eigenvalue weighted by Crippen LogP contribution is -2.17. The van der Waals surface area contributed by atoms with Crippen LogP contribution >= 0.6 is 11.3 Å². The molecule has 1 amide bonds. The second-order valence-corrected chi connectivity index (χ2v) is 6.21. The number of thiophene rings is 1. The number of pyridine rings is 1. The van der Waals surface area contributed by atoms with E-state index in [1.807, 2.05) is 23.6 Å². The van der Waals surface area contributed by atoms with Crippen LogP contribution in [0.5, 0.6) is 0 Å². The van der Waals surface area contributed by atoms with Gasteiger partial charge in [0, 0.05) is 6.20 Å². The summed E-state index contributed by atoms with van der Waals surface area (Å²) in [4.78, 5) is 17.8. The summed E-state index contributed by atoms with van der Waals surface area (Å²) in [7, 11) is 0. The third kappa shape index (κ3) is 2.68. The van der Waals surface area contributed by atoms with Gasteiger partial charge in [-0.15, -0.1) is 11.3 Å². The molecular formula is C18H11F2N3OS. The third-order valence-electron chi connectivity index (χ3n) is 3.71. The molecule has 124 valence electrons. The maximum Gasteiger partial charge on any atom is 0.262 e. The van der Waals surface area contributed by atoms with Gasteiger partial charge in [0.05, 0.1) is 4.88 Å². The van der Waals surface area contributed by atoms with Gasteiger partial charge in [-0.3, -0.25) is 9.20 Å². The fourth-order valence-electron chi connectivity index (χ4n) is 2.59. The van der Waals surface area contributed by atoms with E-state index >= 15 is 0 Å². The zero-order valence-corrected chi connectivity index (χ0v) is 13.6. The summed E-state index contributed by atoms with van der Waals surface area (Å²) in [5.41, 5.74) is 0.548. The normalized spacial score (nSPS) is 11.0. The monoisotopic (exact) mass is 355 g/mol. The van der Waals surface area contributed by atoms with E-state index in [2.05, 4.69) is 10.3 Å². The van der Waals surface area contributed by atoms with Gasteiger partial charge >= 0.3 is 0 Å². The van der Waals surface area contributed by atoms with Gasteiger partial charge in [0.1, 0.15) is 34.4 Å². The molecule has 0 spiro atoms. The van der Waals surface area contributed by atoms with Crippen LogP contribution < -0.4 is 5.32 Å². The lowest BCUT2D eigenvalue weighted by molar-refractivity contribution is 0.101. The van der Waals surface area contributed by atoms with Gasteiger partial charge in [0.2, 0.25) is 0 Å². The van der Waals surface area contributed by atoms with Gasteiger partial charge in [-0.05, 0) is 35.7 Å². The Bertz CT molecular complexity index is 1050. The number of nitrogens with one attached hydrogen (secondary N) is 1. The van der Waals surface area contributed by atoms with Gasteiger partial charge in [-0.25, -0.2) is 13.8 Å². The van der Waals surface area contributed by atoms with Crippen LogP contribution in [-0.2, 0) is 0 Å². The molecule has 4 rings (SSSR count). The number of imidazole rings is 1. The van der Waals surface area contributed by atoms with Gasteiger partial charge in [-0.1, -0.05) is 18.2 Å². The SMILES string of the molecule is O=C(Nc1c(-c2cccs2)nc2ccccn12)c1c(F)cccc1F. The van der Waals surface area contributed by atoms with Crippen molar-refractivity contribution in [1.29, 1.82) is 0 Å². The number of nitrogens with zero attached hydrogens (tertiary/aromatic N) is 2. The van der Waals surface area contributed by atoms with Crippen LogP contribution in [0.1, 0.15) is 10.4 Å². The molecule has 7 heteroatoms. The molecule has 0 saturated carbocycles. The Morgan fingerprint density at radius 1 is 1.04 bits per heavy atom. The van der Waals surface area contributed by atoms with Gasteiger partial charge in [0.15, 0.2) is 0 Å². The zero-order chi connectivity index (χ0) is 17.4. The molecule has 4 nitrogen and oxygen atoms in total. The molecular weight excluding hydrogens is 344 g/mol. The highest BCUT2D eigenvalue weighted by molar-refractivity contribution is 7.13. The van der Waals surface area contributed by atoms with Crippen molar-refractivity contribution in [2.24, 2.45) is 0 Å². The molecule has 0 saturated heterocycles. The predicted molar refractivity (Wildman–Crippen MR) is 92.8 cm³/mol. The van der Waals surface area contributed by atoms with Crippen LogP contribution in [0.4, 0.5) is 14.6 Å². The number of halogens is 2. The lowest BCUT2D eigenvalue weighted by Gasteiger charge is -2.08. The number of amides is 1. The molecule has 0 aliphatic heterocycles. The highest BCUT2D eigenvalue weighted by atomic mass is 32.1. The minimum absolute atomic E-state index is 0.366. The van der Waals surface area contributed by atoms with Crippen molar-refractivity contribution in [3.63, 3.8) is 0 Å². The number of anilines is 1. The van der Waals surface area contributed by atoms with E-state index < -0.39 is 23.1 Å². The summed E-state index contributed by atoms with van der Waals surface area (Å²) in [6.07, 6.45) is 1.73. The van der Waals surface area contributed by atoms with Crippen LogP contribution in [0.25, 0.3) is 16.2 Å². The standard InChI is InChI=1S/C18H11F2N3OS/c19-11-5-3-6-12(20)15(11)18(24)22-17-16(13-7-4-10-25-13)21-14-8-1-2-9-23(14)17/h1-10H,(H,22,24). The number of hydrogen-bond donors (Lipinski definition) is 1. The highest BCUT2D eigenvalue weighted by Crippen LogP contribution is 2.32. The van der Waals surface area contributed by atoms with Crippen molar-refractivity contribution < 1.29 is 13.6 Å². The molecule has 0 atom stereocenters. The van der Waals surface area contributed by atoms with Crippen LogP contribution in [-0.4, -0.2) is 15.3 Å². The van der Waals surface area contributed by atoms with E-state index in [-0.39, 0.29) is 0 Å². The van der Waals surface area contributed by atoms with E-state index in [9.17, 15) is 13.6 Å². The summed E-state index contributed by atoms with van der Waals surface area (Å²) in [6.45, 7) is 0. The van der Waals surface area contributed by atoms with Crippen LogP contribution in [0.2, 0.25) is 0 Å². The number of rotatable bonds is 3. The largest absolute Gasteiger partial charge is 0.306 e. The first-order valence-corrected chi connectivity index (χ1v) is 8.29. The first-order chi connectivity index (χ1) is 12.1. The summed E-state index contributed by atoms with van der Waals surface area (Å²) in [5.74, 6) is -2.32.